The minimum absolute atomic E-state index is 0.0351. The van der Waals surface area contributed by atoms with Crippen LogP contribution in [0.1, 0.15) is 34.7 Å². The number of hydroxylamine groups is 1. The summed E-state index contributed by atoms with van der Waals surface area (Å²) in [5.41, 5.74) is 4.62. The molecule has 0 saturated heterocycles. The predicted octanol–water partition coefficient (Wildman–Crippen LogP) is 3.34. The summed E-state index contributed by atoms with van der Waals surface area (Å²) >= 11 is 3.21. The molecule has 0 bridgehead atoms. The molecule has 1 aromatic carbocycles. The van der Waals surface area contributed by atoms with Gasteiger partial charge in [-0.15, -0.1) is 11.3 Å². The summed E-state index contributed by atoms with van der Waals surface area (Å²) in [6, 6.07) is 9.67. The Morgan fingerprint density at radius 2 is 2.14 bits per heavy atom. The van der Waals surface area contributed by atoms with E-state index in [9.17, 15) is 9.59 Å². The van der Waals surface area contributed by atoms with Gasteiger partial charge in [0.1, 0.15) is 10.7 Å². The molecule has 6 nitrogen and oxygen atoms in total. The average molecular weight is 416 g/mol. The van der Waals surface area contributed by atoms with E-state index in [2.05, 4.69) is 15.4 Å². The van der Waals surface area contributed by atoms with Gasteiger partial charge in [0, 0.05) is 17.1 Å². The molecule has 4 rings (SSSR count). The molecule has 0 aliphatic heterocycles. The number of H-pyrrole nitrogens is 1. The third-order valence-electron chi connectivity index (χ3n) is 4.60. The third kappa shape index (κ3) is 4.45. The van der Waals surface area contributed by atoms with Crippen molar-refractivity contribution in [3.8, 4) is 0 Å². The molecule has 1 aliphatic carbocycles. The Bertz CT molecular complexity index is 1030. The first kappa shape index (κ1) is 19.2. The van der Waals surface area contributed by atoms with Gasteiger partial charge in [0.15, 0.2) is 0 Å². The van der Waals surface area contributed by atoms with E-state index in [-0.39, 0.29) is 11.5 Å². The fourth-order valence-corrected chi connectivity index (χ4v) is 5.36. The van der Waals surface area contributed by atoms with Crippen molar-refractivity contribution in [2.75, 3.05) is 5.75 Å². The molecule has 0 radical (unpaired) electrons. The second-order valence-electron chi connectivity index (χ2n) is 6.65. The van der Waals surface area contributed by atoms with Crippen LogP contribution in [-0.2, 0) is 34.8 Å². The number of aryl methyl sites for hydroxylation is 2. The highest BCUT2D eigenvalue weighted by Gasteiger charge is 2.21. The van der Waals surface area contributed by atoms with E-state index in [4.69, 9.17) is 4.84 Å². The van der Waals surface area contributed by atoms with E-state index in [1.807, 2.05) is 30.3 Å². The van der Waals surface area contributed by atoms with E-state index in [1.165, 1.54) is 10.4 Å². The van der Waals surface area contributed by atoms with Crippen molar-refractivity contribution in [2.45, 2.75) is 38.0 Å². The van der Waals surface area contributed by atoms with E-state index in [1.54, 1.807) is 23.1 Å². The van der Waals surface area contributed by atoms with Crippen LogP contribution in [0.4, 0.5) is 0 Å². The number of hydrogen-bond acceptors (Lipinski definition) is 6. The highest BCUT2D eigenvalue weighted by Crippen LogP contribution is 2.34. The molecule has 28 heavy (non-hydrogen) atoms. The van der Waals surface area contributed by atoms with Gasteiger partial charge in [0.05, 0.1) is 17.7 Å². The zero-order chi connectivity index (χ0) is 19.3. The quantitative estimate of drug-likeness (QED) is 0.435. The summed E-state index contributed by atoms with van der Waals surface area (Å²) in [4.78, 5) is 39.1. The van der Waals surface area contributed by atoms with Crippen molar-refractivity contribution in [2.24, 2.45) is 0 Å². The molecular weight excluding hydrogens is 394 g/mol. The maximum Gasteiger partial charge on any atom is 0.259 e. The SMILES string of the molecule is O=C(CCSCc1nc2sc3c(c2c(=O)[nH]1)CCC3)NOCc1ccccc1. The summed E-state index contributed by atoms with van der Waals surface area (Å²) in [5, 5.41) is 0.779. The van der Waals surface area contributed by atoms with Crippen LogP contribution in [0.15, 0.2) is 35.1 Å². The van der Waals surface area contributed by atoms with E-state index in [0.717, 1.165) is 35.0 Å². The number of carbonyl (C=O) groups is 1. The Morgan fingerprint density at radius 3 is 3.00 bits per heavy atom. The molecular formula is C20H21N3O3S2. The van der Waals surface area contributed by atoms with Gasteiger partial charge in [-0.2, -0.15) is 11.8 Å². The van der Waals surface area contributed by atoms with Crippen LogP contribution >= 0.6 is 23.1 Å². The molecule has 0 unspecified atom stereocenters. The third-order valence-corrected chi connectivity index (χ3v) is 6.76. The normalized spacial score (nSPS) is 13.0. The lowest BCUT2D eigenvalue weighted by molar-refractivity contribution is -0.134. The first-order chi connectivity index (χ1) is 13.7. The van der Waals surface area contributed by atoms with Crippen LogP contribution in [-0.4, -0.2) is 21.6 Å². The fourth-order valence-electron chi connectivity index (χ4n) is 3.27. The first-order valence-corrected chi connectivity index (χ1v) is 11.2. The van der Waals surface area contributed by atoms with Gasteiger partial charge in [0.25, 0.3) is 5.56 Å². The number of thiophene rings is 1. The number of hydrogen-bond donors (Lipinski definition) is 2. The van der Waals surface area contributed by atoms with Crippen molar-refractivity contribution in [3.05, 3.63) is 62.5 Å². The number of aromatic nitrogens is 2. The molecule has 3 aromatic rings. The number of amides is 1. The van der Waals surface area contributed by atoms with Gasteiger partial charge < -0.3 is 4.98 Å². The monoisotopic (exact) mass is 415 g/mol. The first-order valence-electron chi connectivity index (χ1n) is 9.26. The van der Waals surface area contributed by atoms with Crippen LogP contribution in [0.2, 0.25) is 0 Å². The molecule has 1 aliphatic rings. The lowest BCUT2D eigenvalue weighted by atomic mass is 10.2. The number of benzene rings is 1. The second-order valence-corrected chi connectivity index (χ2v) is 8.84. The Labute approximate surface area is 170 Å². The van der Waals surface area contributed by atoms with Crippen molar-refractivity contribution < 1.29 is 9.63 Å². The molecule has 1 amide bonds. The minimum Gasteiger partial charge on any atom is -0.309 e. The summed E-state index contributed by atoms with van der Waals surface area (Å²) in [7, 11) is 0. The van der Waals surface area contributed by atoms with Gasteiger partial charge in [-0.3, -0.25) is 14.4 Å². The maximum absolute atomic E-state index is 12.4. The van der Waals surface area contributed by atoms with E-state index < -0.39 is 0 Å². The molecule has 0 fully saturated rings. The molecule has 2 aromatic heterocycles. The number of nitrogens with zero attached hydrogens (tertiary/aromatic N) is 1. The second kappa shape index (κ2) is 8.89. The Hall–Kier alpha value is -2.16. The Morgan fingerprint density at radius 1 is 1.29 bits per heavy atom. The standard InChI is InChI=1S/C20H21N3O3S2/c24-17(23-26-11-13-5-2-1-3-6-13)9-10-27-12-16-21-19(25)18-14-7-4-8-15(14)28-20(18)22-16/h1-3,5-6H,4,7-12H2,(H,23,24)(H,21,22,25). The van der Waals surface area contributed by atoms with Gasteiger partial charge in [-0.05, 0) is 30.4 Å². The number of carbonyl (C=O) groups excluding carboxylic acids is 1. The summed E-state index contributed by atoms with van der Waals surface area (Å²) in [6.07, 6.45) is 3.52. The maximum atomic E-state index is 12.4. The van der Waals surface area contributed by atoms with Gasteiger partial charge in [-0.1, -0.05) is 30.3 Å². The van der Waals surface area contributed by atoms with Crippen LogP contribution < -0.4 is 11.0 Å². The zero-order valence-corrected chi connectivity index (χ0v) is 17.0. The van der Waals surface area contributed by atoms with Crippen LogP contribution in [0.25, 0.3) is 10.2 Å². The zero-order valence-electron chi connectivity index (χ0n) is 15.3. The highest BCUT2D eigenvalue weighted by atomic mass is 32.2. The number of nitrogens with one attached hydrogen (secondary N) is 2. The molecule has 0 atom stereocenters. The summed E-state index contributed by atoms with van der Waals surface area (Å²) < 4.78 is 0. The van der Waals surface area contributed by atoms with Gasteiger partial charge in [0.2, 0.25) is 5.91 Å². The van der Waals surface area contributed by atoms with Gasteiger partial charge in [-0.25, -0.2) is 10.5 Å². The average Bonchev–Trinajstić information content (AvgIpc) is 3.27. The van der Waals surface area contributed by atoms with Crippen molar-refractivity contribution in [3.63, 3.8) is 0 Å². The number of aromatic amines is 1. The summed E-state index contributed by atoms with van der Waals surface area (Å²) in [6.45, 7) is 0.343. The molecule has 2 heterocycles. The van der Waals surface area contributed by atoms with Crippen molar-refractivity contribution >= 4 is 39.2 Å². The smallest absolute Gasteiger partial charge is 0.259 e. The molecule has 0 saturated carbocycles. The van der Waals surface area contributed by atoms with E-state index >= 15 is 0 Å². The highest BCUT2D eigenvalue weighted by molar-refractivity contribution is 7.98. The minimum atomic E-state index is -0.157. The Kier molecular flexibility index (Phi) is 6.09. The number of fused-ring (bicyclic) bond motifs is 3. The van der Waals surface area contributed by atoms with Gasteiger partial charge >= 0.3 is 0 Å². The lowest BCUT2D eigenvalue weighted by Crippen LogP contribution is -2.23. The van der Waals surface area contributed by atoms with E-state index in [0.29, 0.717) is 30.4 Å². The van der Waals surface area contributed by atoms with Crippen LogP contribution in [0.3, 0.4) is 0 Å². The summed E-state index contributed by atoms with van der Waals surface area (Å²) in [5.74, 6) is 1.72. The van der Waals surface area contributed by atoms with Crippen LogP contribution in [0.5, 0.6) is 0 Å². The number of rotatable bonds is 8. The van der Waals surface area contributed by atoms with Crippen molar-refractivity contribution in [1.82, 2.24) is 15.4 Å². The fraction of sp³-hybridized carbons (Fsp3) is 0.350. The predicted molar refractivity (Wildman–Crippen MR) is 112 cm³/mol. The molecule has 146 valence electrons. The molecule has 8 heteroatoms. The topological polar surface area (TPSA) is 84.1 Å². The van der Waals surface area contributed by atoms with Crippen molar-refractivity contribution in [1.29, 1.82) is 0 Å². The van der Waals surface area contributed by atoms with Crippen LogP contribution in [0, 0.1) is 0 Å². The molecule has 0 spiro atoms. The number of thioether (sulfide) groups is 1. The lowest BCUT2D eigenvalue weighted by Gasteiger charge is -2.06. The Balaban J connectivity index is 1.22. The molecule has 2 N–H and O–H groups in total. The largest absolute Gasteiger partial charge is 0.309 e.